The molecule has 2 aromatic carbocycles. The zero-order valence-electron chi connectivity index (χ0n) is 12.0. The fourth-order valence-corrected chi connectivity index (χ4v) is 4.48. The summed E-state index contributed by atoms with van der Waals surface area (Å²) in [4.78, 5) is 14.9. The lowest BCUT2D eigenvalue weighted by Crippen LogP contribution is -3.61. The minimum absolute atomic E-state index is 0.0732. The summed E-state index contributed by atoms with van der Waals surface area (Å²) < 4.78 is 6.55. The molecule has 0 aliphatic rings. The second-order valence-electron chi connectivity index (χ2n) is 4.62. The molecule has 116 valence electrons. The second kappa shape index (κ2) is 6.37. The first-order valence-electron chi connectivity index (χ1n) is 6.62. The summed E-state index contributed by atoms with van der Waals surface area (Å²) in [5, 5.41) is 24.1. The van der Waals surface area contributed by atoms with Crippen LogP contribution in [0, 0.1) is 17.3 Å². The number of halogens is 1. The van der Waals surface area contributed by atoms with Crippen molar-refractivity contribution >= 4 is 16.6 Å². The molecule has 0 bridgehead atoms. The van der Waals surface area contributed by atoms with Crippen molar-refractivity contribution in [3.63, 3.8) is 0 Å². The van der Waals surface area contributed by atoms with Crippen molar-refractivity contribution in [2.75, 3.05) is 7.11 Å². The van der Waals surface area contributed by atoms with Gasteiger partial charge < -0.3 is 9.84 Å². The monoisotopic (exact) mass is 422 g/mol. The van der Waals surface area contributed by atoms with Gasteiger partial charge in [-0.1, -0.05) is 0 Å². The number of aromatic nitrogens is 1. The quantitative estimate of drug-likeness (QED) is 0.317. The van der Waals surface area contributed by atoms with Crippen molar-refractivity contribution in [2.45, 2.75) is 0 Å². The third-order valence-corrected chi connectivity index (χ3v) is 5.96. The zero-order chi connectivity index (χ0) is 16.4. The number of nitro benzene ring substituents is 1. The molecule has 0 unspecified atom stereocenters. The Hall–Kier alpha value is -2.42. The molecule has 0 aliphatic heterocycles. The van der Waals surface area contributed by atoms with E-state index in [1.807, 2.05) is 24.3 Å². The van der Waals surface area contributed by atoms with Gasteiger partial charge in [0.25, 0.3) is 5.69 Å². The van der Waals surface area contributed by atoms with Crippen LogP contribution in [0.5, 0.6) is 11.5 Å². The molecule has 0 radical (unpaired) electrons. The van der Waals surface area contributed by atoms with Crippen LogP contribution in [0.25, 0.3) is 10.9 Å². The molecule has 0 aliphatic carbocycles. The Morgan fingerprint density at radius 3 is 2.61 bits per heavy atom. The summed E-state index contributed by atoms with van der Waals surface area (Å²) in [5.74, 6) is 0.501. The standard InChI is InChI=1S/C16H11IN2O4/c1-23-11-6-4-10(5-7-11)17-13-9-14(19(21)22)12-3-2-8-18-15(12)16(13)20/h2-9H,1H3. The van der Waals surface area contributed by atoms with E-state index in [0.29, 0.717) is 3.57 Å². The van der Waals surface area contributed by atoms with E-state index >= 15 is 0 Å². The van der Waals surface area contributed by atoms with E-state index in [1.165, 1.54) is 12.3 Å². The number of pyridine rings is 1. The van der Waals surface area contributed by atoms with Gasteiger partial charge in [-0.05, 0) is 42.1 Å². The van der Waals surface area contributed by atoms with Gasteiger partial charge in [0.1, 0.15) is 5.75 Å². The summed E-state index contributed by atoms with van der Waals surface area (Å²) in [6.45, 7) is 0. The molecule has 3 rings (SSSR count). The van der Waals surface area contributed by atoms with E-state index in [9.17, 15) is 15.2 Å². The fourth-order valence-electron chi connectivity index (χ4n) is 2.14. The number of nitro groups is 1. The van der Waals surface area contributed by atoms with Crippen molar-refractivity contribution in [1.29, 1.82) is 0 Å². The van der Waals surface area contributed by atoms with Crippen LogP contribution >= 0.6 is 0 Å². The van der Waals surface area contributed by atoms with Gasteiger partial charge in [-0.2, -0.15) is 0 Å². The minimum Gasteiger partial charge on any atom is -0.868 e. The van der Waals surface area contributed by atoms with E-state index in [2.05, 4.69) is 4.98 Å². The molecule has 3 aromatic rings. The van der Waals surface area contributed by atoms with Gasteiger partial charge in [-0.15, -0.1) is 0 Å². The second-order valence-corrected chi connectivity index (χ2v) is 7.56. The predicted molar refractivity (Wildman–Crippen MR) is 78.2 cm³/mol. The average Bonchev–Trinajstić information content (AvgIpc) is 2.58. The van der Waals surface area contributed by atoms with Crippen molar-refractivity contribution in [2.24, 2.45) is 0 Å². The molecule has 1 heterocycles. The highest BCUT2D eigenvalue weighted by Gasteiger charge is 2.24. The predicted octanol–water partition coefficient (Wildman–Crippen LogP) is -0.646. The smallest absolute Gasteiger partial charge is 0.357 e. The van der Waals surface area contributed by atoms with Gasteiger partial charge in [0.05, 0.1) is 29.0 Å². The molecular formula is C16H11IN2O4. The molecular weight excluding hydrogens is 411 g/mol. The Labute approximate surface area is 142 Å². The molecule has 0 amide bonds. The average molecular weight is 422 g/mol. The molecule has 1 aromatic heterocycles. The van der Waals surface area contributed by atoms with E-state index in [0.717, 1.165) is 9.32 Å². The number of hydrogen-bond acceptors (Lipinski definition) is 5. The van der Waals surface area contributed by atoms with Crippen LogP contribution in [0.15, 0.2) is 48.7 Å². The minimum atomic E-state index is -0.841. The lowest BCUT2D eigenvalue weighted by molar-refractivity contribution is -0.603. The number of benzene rings is 2. The van der Waals surface area contributed by atoms with E-state index in [-0.39, 0.29) is 22.3 Å². The number of non-ortho nitro benzene ring substituents is 1. The highest BCUT2D eigenvalue weighted by molar-refractivity contribution is 5.91. The summed E-state index contributed by atoms with van der Waals surface area (Å²) >= 11 is -0.841. The van der Waals surface area contributed by atoms with Crippen LogP contribution in [0.1, 0.15) is 0 Å². The lowest BCUT2D eigenvalue weighted by atomic mass is 10.2. The Morgan fingerprint density at radius 2 is 1.96 bits per heavy atom. The number of hydrogen-bond donors (Lipinski definition) is 0. The van der Waals surface area contributed by atoms with Crippen molar-refractivity contribution < 1.29 is 36.0 Å². The molecule has 0 fully saturated rings. The Kier molecular flexibility index (Phi) is 4.28. The molecule has 6 nitrogen and oxygen atoms in total. The van der Waals surface area contributed by atoms with Crippen LogP contribution in [0.2, 0.25) is 0 Å². The van der Waals surface area contributed by atoms with Gasteiger partial charge in [-0.3, -0.25) is 15.1 Å². The summed E-state index contributed by atoms with van der Waals surface area (Å²) in [7, 11) is 1.58. The number of ether oxygens (including phenoxy) is 1. The fraction of sp³-hybridized carbons (Fsp3) is 0.0625. The maximum atomic E-state index is 12.5. The molecule has 0 saturated heterocycles. The summed E-state index contributed by atoms with van der Waals surface area (Å²) in [6.07, 6.45) is 1.48. The van der Waals surface area contributed by atoms with Crippen LogP contribution < -0.4 is 31.0 Å². The molecule has 0 saturated carbocycles. The van der Waals surface area contributed by atoms with Crippen LogP contribution in [-0.4, -0.2) is 17.0 Å². The maximum Gasteiger partial charge on any atom is 0.357 e. The first kappa shape index (κ1) is 15.5. The van der Waals surface area contributed by atoms with Crippen molar-refractivity contribution in [3.8, 4) is 11.5 Å². The summed E-state index contributed by atoms with van der Waals surface area (Å²) in [6, 6.07) is 11.9. The Balaban J connectivity index is 2.09. The number of fused-ring (bicyclic) bond motifs is 1. The van der Waals surface area contributed by atoms with E-state index < -0.39 is 26.1 Å². The van der Waals surface area contributed by atoms with Crippen molar-refractivity contribution in [3.05, 3.63) is 65.9 Å². The van der Waals surface area contributed by atoms with Crippen LogP contribution in [0.3, 0.4) is 0 Å². The molecule has 23 heavy (non-hydrogen) atoms. The van der Waals surface area contributed by atoms with Gasteiger partial charge in [0, 0.05) is 6.20 Å². The van der Waals surface area contributed by atoms with Crippen molar-refractivity contribution in [1.82, 2.24) is 4.98 Å². The van der Waals surface area contributed by atoms with Gasteiger partial charge >= 0.3 is 21.2 Å². The first-order valence-corrected chi connectivity index (χ1v) is 8.78. The highest BCUT2D eigenvalue weighted by atomic mass is 127. The van der Waals surface area contributed by atoms with Gasteiger partial charge in [0.2, 0.25) is 0 Å². The number of rotatable bonds is 4. The molecule has 0 atom stereocenters. The van der Waals surface area contributed by atoms with Gasteiger partial charge in [0.15, 0.2) is 7.14 Å². The maximum absolute atomic E-state index is 12.5. The third-order valence-electron chi connectivity index (χ3n) is 3.24. The normalized spacial score (nSPS) is 10.7. The zero-order valence-corrected chi connectivity index (χ0v) is 14.2. The lowest BCUT2D eigenvalue weighted by Gasteiger charge is -2.09. The van der Waals surface area contributed by atoms with Crippen LogP contribution in [-0.2, 0) is 0 Å². The highest BCUT2D eigenvalue weighted by Crippen LogP contribution is 2.28. The topological polar surface area (TPSA) is 88.3 Å². The number of nitrogens with zero attached hydrogens (tertiary/aromatic N) is 2. The third kappa shape index (κ3) is 3.04. The Morgan fingerprint density at radius 1 is 1.22 bits per heavy atom. The molecule has 0 N–H and O–H groups in total. The molecule has 7 heteroatoms. The summed E-state index contributed by atoms with van der Waals surface area (Å²) in [5.41, 5.74) is 0.0841. The molecule has 0 spiro atoms. The van der Waals surface area contributed by atoms with Gasteiger partial charge in [-0.25, -0.2) is 0 Å². The van der Waals surface area contributed by atoms with E-state index in [4.69, 9.17) is 4.74 Å². The largest absolute Gasteiger partial charge is 0.868 e. The van der Waals surface area contributed by atoms with Crippen LogP contribution in [0.4, 0.5) is 5.69 Å². The SMILES string of the molecule is COc1ccc([I+]c2cc([N+](=O)[O-])c3cccnc3c2[O-])cc1. The van der Waals surface area contributed by atoms with E-state index in [1.54, 1.807) is 19.2 Å². The first-order chi connectivity index (χ1) is 11.1. The Bertz CT molecular complexity index is 881. The number of methoxy groups -OCH3 is 1.